The van der Waals surface area contributed by atoms with Gasteiger partial charge in [-0.05, 0) is 18.1 Å². The maximum absolute atomic E-state index is 12.3. The molecule has 0 aliphatic heterocycles. The average Bonchev–Trinajstić information content (AvgIpc) is 2.06. The van der Waals surface area contributed by atoms with Crippen molar-refractivity contribution in [2.24, 2.45) is 5.73 Å². The summed E-state index contributed by atoms with van der Waals surface area (Å²) in [5.41, 5.74) is 6.37. The van der Waals surface area contributed by atoms with Gasteiger partial charge in [0.25, 0.3) is 0 Å². The normalized spacial score (nSPS) is 12.9. The van der Waals surface area contributed by atoms with Gasteiger partial charge in [-0.1, -0.05) is 6.07 Å². The predicted octanol–water partition coefficient (Wildman–Crippen LogP) is 0.603. The van der Waals surface area contributed by atoms with Gasteiger partial charge in [-0.15, -0.1) is 0 Å². The number of aliphatic hydroxyl groups is 1. The highest BCUT2D eigenvalue weighted by Gasteiger charge is 2.04. The zero-order valence-corrected chi connectivity index (χ0v) is 6.57. The van der Waals surface area contributed by atoms with E-state index in [4.69, 9.17) is 10.8 Å². The Morgan fingerprint density at radius 1 is 1.58 bits per heavy atom. The molecule has 0 amide bonds. The van der Waals surface area contributed by atoms with Crippen LogP contribution in [0.4, 0.5) is 4.39 Å². The highest BCUT2D eigenvalue weighted by molar-refractivity contribution is 5.13. The lowest BCUT2D eigenvalue weighted by molar-refractivity contribution is 0.276. The van der Waals surface area contributed by atoms with Gasteiger partial charge in [-0.2, -0.15) is 4.39 Å². The van der Waals surface area contributed by atoms with Crippen molar-refractivity contribution in [3.8, 4) is 0 Å². The molecule has 0 spiro atoms. The fourth-order valence-electron chi connectivity index (χ4n) is 0.912. The number of aliphatic hydroxyl groups excluding tert-OH is 1. The molecule has 0 aliphatic rings. The summed E-state index contributed by atoms with van der Waals surface area (Å²) >= 11 is 0. The number of hydrogen-bond acceptors (Lipinski definition) is 3. The van der Waals surface area contributed by atoms with Gasteiger partial charge in [-0.3, -0.25) is 0 Å². The number of aromatic nitrogens is 1. The molecule has 1 unspecified atom stereocenters. The molecular weight excluding hydrogens is 159 g/mol. The van der Waals surface area contributed by atoms with Gasteiger partial charge in [-0.25, -0.2) is 4.98 Å². The Balaban J connectivity index is 2.68. The van der Waals surface area contributed by atoms with E-state index in [1.54, 1.807) is 6.07 Å². The van der Waals surface area contributed by atoms with Gasteiger partial charge in [0.1, 0.15) is 0 Å². The van der Waals surface area contributed by atoms with Crippen LogP contribution in [0.25, 0.3) is 0 Å². The molecule has 1 atom stereocenters. The largest absolute Gasteiger partial charge is 0.396 e. The first-order valence-electron chi connectivity index (χ1n) is 3.72. The molecule has 1 rings (SSSR count). The number of hydrogen-bond donors (Lipinski definition) is 2. The van der Waals surface area contributed by atoms with Crippen LogP contribution in [-0.2, 0) is 0 Å². The molecule has 0 saturated heterocycles. The minimum absolute atomic E-state index is 0.0263. The third kappa shape index (κ3) is 2.25. The Morgan fingerprint density at radius 3 is 2.83 bits per heavy atom. The molecule has 3 nitrogen and oxygen atoms in total. The lowest BCUT2D eigenvalue weighted by atomic mass is 10.1. The highest BCUT2D eigenvalue weighted by Crippen LogP contribution is 2.11. The standard InChI is InChI=1S/C8H11FN2O/c9-8-2-1-6(5-11-8)7(10)3-4-12/h1-2,5,7,12H,3-4,10H2. The van der Waals surface area contributed by atoms with E-state index in [0.29, 0.717) is 6.42 Å². The molecule has 0 bridgehead atoms. The minimum atomic E-state index is -0.519. The van der Waals surface area contributed by atoms with E-state index in [0.717, 1.165) is 5.56 Å². The van der Waals surface area contributed by atoms with Crippen molar-refractivity contribution in [1.29, 1.82) is 0 Å². The smallest absolute Gasteiger partial charge is 0.212 e. The van der Waals surface area contributed by atoms with Crippen molar-refractivity contribution in [3.63, 3.8) is 0 Å². The first-order valence-corrected chi connectivity index (χ1v) is 3.72. The lowest BCUT2D eigenvalue weighted by Gasteiger charge is -2.08. The van der Waals surface area contributed by atoms with E-state index in [1.807, 2.05) is 0 Å². The van der Waals surface area contributed by atoms with E-state index in [2.05, 4.69) is 4.98 Å². The molecule has 0 saturated carbocycles. The molecular formula is C8H11FN2O. The van der Waals surface area contributed by atoms with E-state index in [-0.39, 0.29) is 12.6 Å². The van der Waals surface area contributed by atoms with Gasteiger partial charge in [0.05, 0.1) is 0 Å². The van der Waals surface area contributed by atoms with Crippen molar-refractivity contribution in [3.05, 3.63) is 29.8 Å². The van der Waals surface area contributed by atoms with E-state index < -0.39 is 5.95 Å². The zero-order valence-electron chi connectivity index (χ0n) is 6.57. The maximum Gasteiger partial charge on any atom is 0.212 e. The summed E-state index contributed by atoms with van der Waals surface area (Å²) in [5.74, 6) is -0.519. The summed E-state index contributed by atoms with van der Waals surface area (Å²) in [6.07, 6.45) is 1.85. The number of halogens is 1. The summed E-state index contributed by atoms with van der Waals surface area (Å²) in [7, 11) is 0. The van der Waals surface area contributed by atoms with Crippen LogP contribution in [0.2, 0.25) is 0 Å². The van der Waals surface area contributed by atoms with Crippen molar-refractivity contribution in [2.75, 3.05) is 6.61 Å². The number of nitrogens with zero attached hydrogens (tertiary/aromatic N) is 1. The fraction of sp³-hybridized carbons (Fsp3) is 0.375. The Bertz CT molecular complexity index is 237. The topological polar surface area (TPSA) is 59.1 Å². The molecule has 12 heavy (non-hydrogen) atoms. The Hall–Kier alpha value is -1.00. The fourth-order valence-corrected chi connectivity index (χ4v) is 0.912. The van der Waals surface area contributed by atoms with Gasteiger partial charge < -0.3 is 10.8 Å². The van der Waals surface area contributed by atoms with Gasteiger partial charge in [0.15, 0.2) is 0 Å². The Labute approximate surface area is 70.0 Å². The third-order valence-corrected chi connectivity index (χ3v) is 1.62. The van der Waals surface area contributed by atoms with E-state index in [9.17, 15) is 4.39 Å². The SMILES string of the molecule is NC(CCO)c1ccc(F)nc1. The molecule has 0 radical (unpaired) electrons. The molecule has 1 aromatic heterocycles. The molecule has 4 heteroatoms. The summed E-state index contributed by atoms with van der Waals surface area (Å²) in [6, 6.07) is 2.57. The zero-order chi connectivity index (χ0) is 8.97. The molecule has 0 aliphatic carbocycles. The third-order valence-electron chi connectivity index (χ3n) is 1.62. The van der Waals surface area contributed by atoms with Crippen LogP contribution in [0, 0.1) is 5.95 Å². The number of rotatable bonds is 3. The molecule has 66 valence electrons. The maximum atomic E-state index is 12.3. The van der Waals surface area contributed by atoms with Crippen molar-refractivity contribution < 1.29 is 9.50 Å². The average molecular weight is 170 g/mol. The summed E-state index contributed by atoms with van der Waals surface area (Å²) in [6.45, 7) is 0.0263. The molecule has 0 aromatic carbocycles. The van der Waals surface area contributed by atoms with Crippen LogP contribution in [0.15, 0.2) is 18.3 Å². The van der Waals surface area contributed by atoms with E-state index in [1.165, 1.54) is 12.3 Å². The molecule has 0 fully saturated rings. The monoisotopic (exact) mass is 170 g/mol. The lowest BCUT2D eigenvalue weighted by Crippen LogP contribution is -2.12. The van der Waals surface area contributed by atoms with Crippen molar-refractivity contribution >= 4 is 0 Å². The van der Waals surface area contributed by atoms with E-state index >= 15 is 0 Å². The van der Waals surface area contributed by atoms with Crippen LogP contribution >= 0.6 is 0 Å². The van der Waals surface area contributed by atoms with Crippen LogP contribution in [0.1, 0.15) is 18.0 Å². The summed E-state index contributed by atoms with van der Waals surface area (Å²) in [4.78, 5) is 3.45. The van der Waals surface area contributed by atoms with Gasteiger partial charge in [0, 0.05) is 18.8 Å². The van der Waals surface area contributed by atoms with Gasteiger partial charge >= 0.3 is 0 Å². The Kier molecular flexibility index (Phi) is 3.13. The highest BCUT2D eigenvalue weighted by atomic mass is 19.1. The quantitative estimate of drug-likeness (QED) is 0.653. The summed E-state index contributed by atoms with van der Waals surface area (Å²) < 4.78 is 12.3. The van der Waals surface area contributed by atoms with Crippen molar-refractivity contribution in [2.45, 2.75) is 12.5 Å². The second-order valence-electron chi connectivity index (χ2n) is 2.53. The second kappa shape index (κ2) is 4.13. The van der Waals surface area contributed by atoms with Gasteiger partial charge in [0.2, 0.25) is 5.95 Å². The van der Waals surface area contributed by atoms with Crippen molar-refractivity contribution in [1.82, 2.24) is 4.98 Å². The molecule has 1 heterocycles. The molecule has 3 N–H and O–H groups in total. The van der Waals surface area contributed by atoms with Crippen LogP contribution in [0.5, 0.6) is 0 Å². The van der Waals surface area contributed by atoms with Crippen LogP contribution in [-0.4, -0.2) is 16.7 Å². The first kappa shape index (κ1) is 9.09. The minimum Gasteiger partial charge on any atom is -0.396 e. The first-order chi connectivity index (χ1) is 5.74. The summed E-state index contributed by atoms with van der Waals surface area (Å²) in [5, 5.41) is 8.58. The van der Waals surface area contributed by atoms with Crippen LogP contribution < -0.4 is 5.73 Å². The Morgan fingerprint density at radius 2 is 2.33 bits per heavy atom. The predicted molar refractivity (Wildman–Crippen MR) is 42.8 cm³/mol. The van der Waals surface area contributed by atoms with Crippen LogP contribution in [0.3, 0.4) is 0 Å². The number of pyridine rings is 1. The number of nitrogens with two attached hydrogens (primary N) is 1. The second-order valence-corrected chi connectivity index (χ2v) is 2.53. The molecule has 1 aromatic rings.